The summed E-state index contributed by atoms with van der Waals surface area (Å²) in [5.74, 6) is -0.852. The van der Waals surface area contributed by atoms with Crippen LogP contribution in [0, 0.1) is 6.92 Å². The van der Waals surface area contributed by atoms with Crippen LogP contribution in [0.25, 0.3) is 6.08 Å². The number of aryl methyl sites for hydroxylation is 1. The molecule has 1 aromatic rings. The summed E-state index contributed by atoms with van der Waals surface area (Å²) in [6, 6.07) is 7.55. The van der Waals surface area contributed by atoms with Crippen molar-refractivity contribution in [1.82, 2.24) is 0 Å². The molecular weight excluding hydrogens is 216 g/mol. The summed E-state index contributed by atoms with van der Waals surface area (Å²) in [6.45, 7) is 5.26. The summed E-state index contributed by atoms with van der Waals surface area (Å²) in [5.41, 5.74) is 1.95. The molecule has 0 unspecified atom stereocenters. The molecule has 0 radical (unpaired) electrons. The summed E-state index contributed by atoms with van der Waals surface area (Å²) >= 11 is 0. The fraction of sp³-hybridized carbons (Fsp3) is 0.286. The van der Waals surface area contributed by atoms with E-state index in [4.69, 9.17) is 4.74 Å². The number of carbonyl (C=O) groups is 2. The van der Waals surface area contributed by atoms with E-state index in [1.165, 1.54) is 6.92 Å². The Bertz CT molecular complexity index is 458. The van der Waals surface area contributed by atoms with Crippen LogP contribution in [0.4, 0.5) is 0 Å². The van der Waals surface area contributed by atoms with E-state index in [9.17, 15) is 9.59 Å². The third kappa shape index (κ3) is 3.55. The largest absolute Gasteiger partial charge is 0.462 e. The van der Waals surface area contributed by atoms with E-state index >= 15 is 0 Å². The molecule has 0 amide bonds. The summed E-state index contributed by atoms with van der Waals surface area (Å²) in [7, 11) is 0. The first-order valence-electron chi connectivity index (χ1n) is 5.51. The number of benzene rings is 1. The zero-order valence-electron chi connectivity index (χ0n) is 10.3. The highest BCUT2D eigenvalue weighted by atomic mass is 16.5. The summed E-state index contributed by atoms with van der Waals surface area (Å²) < 4.78 is 4.85. The molecule has 1 rings (SSSR count). The average Bonchev–Trinajstić information content (AvgIpc) is 2.27. The van der Waals surface area contributed by atoms with Crippen LogP contribution in [-0.4, -0.2) is 18.4 Å². The van der Waals surface area contributed by atoms with Crippen molar-refractivity contribution >= 4 is 17.8 Å². The number of esters is 1. The Labute approximate surface area is 101 Å². The van der Waals surface area contributed by atoms with Gasteiger partial charge in [-0.05, 0) is 38.0 Å². The quantitative estimate of drug-likeness (QED) is 0.347. The lowest BCUT2D eigenvalue weighted by Gasteiger charge is -2.05. The Morgan fingerprint density at radius 3 is 2.47 bits per heavy atom. The lowest BCUT2D eigenvalue weighted by Crippen LogP contribution is -2.13. The predicted molar refractivity (Wildman–Crippen MR) is 66.5 cm³/mol. The van der Waals surface area contributed by atoms with Gasteiger partial charge in [0.1, 0.15) is 5.57 Å². The Morgan fingerprint density at radius 2 is 1.94 bits per heavy atom. The van der Waals surface area contributed by atoms with Crippen LogP contribution in [0.2, 0.25) is 0 Å². The minimum absolute atomic E-state index is 0.0844. The molecule has 0 spiro atoms. The first-order chi connectivity index (χ1) is 8.06. The van der Waals surface area contributed by atoms with Crippen LogP contribution in [0.3, 0.4) is 0 Å². The Balaban J connectivity index is 3.11. The molecule has 17 heavy (non-hydrogen) atoms. The van der Waals surface area contributed by atoms with Crippen LogP contribution >= 0.6 is 0 Å². The van der Waals surface area contributed by atoms with Crippen molar-refractivity contribution in [3.05, 3.63) is 41.0 Å². The van der Waals surface area contributed by atoms with Crippen molar-refractivity contribution in [3.63, 3.8) is 0 Å². The number of carbonyl (C=O) groups excluding carboxylic acids is 2. The normalized spacial score (nSPS) is 11.1. The van der Waals surface area contributed by atoms with Crippen LogP contribution in [-0.2, 0) is 14.3 Å². The maximum absolute atomic E-state index is 11.6. The molecule has 1 aromatic carbocycles. The van der Waals surface area contributed by atoms with Gasteiger partial charge in [-0.1, -0.05) is 24.3 Å². The van der Waals surface area contributed by atoms with E-state index in [1.807, 2.05) is 31.2 Å². The van der Waals surface area contributed by atoms with Crippen LogP contribution in [0.15, 0.2) is 29.8 Å². The molecule has 3 nitrogen and oxygen atoms in total. The molecule has 0 aromatic heterocycles. The number of Topliss-reactive ketones (excluding diaryl/α,β-unsaturated/α-hetero) is 1. The third-order valence-corrected chi connectivity index (χ3v) is 2.36. The van der Waals surface area contributed by atoms with Gasteiger partial charge in [-0.2, -0.15) is 0 Å². The van der Waals surface area contributed by atoms with Crippen LogP contribution in [0.1, 0.15) is 25.0 Å². The first-order valence-corrected chi connectivity index (χ1v) is 5.51. The monoisotopic (exact) mass is 232 g/mol. The highest BCUT2D eigenvalue weighted by molar-refractivity contribution is 6.19. The van der Waals surface area contributed by atoms with Crippen LogP contribution in [0.5, 0.6) is 0 Å². The fourth-order valence-corrected chi connectivity index (χ4v) is 1.42. The minimum Gasteiger partial charge on any atom is -0.462 e. The second-order valence-electron chi connectivity index (χ2n) is 3.69. The standard InChI is InChI=1S/C14H16O3/c1-4-17-14(16)13(11(3)15)9-12-8-6-5-7-10(12)2/h5-9H,4H2,1-3H3/b13-9-. The molecule has 0 N–H and O–H groups in total. The number of ether oxygens (including phenoxy) is 1. The Hall–Kier alpha value is -1.90. The van der Waals surface area contributed by atoms with Gasteiger partial charge in [0.2, 0.25) is 0 Å². The molecule has 0 aliphatic carbocycles. The van der Waals surface area contributed by atoms with Gasteiger partial charge in [-0.3, -0.25) is 4.79 Å². The zero-order chi connectivity index (χ0) is 12.8. The maximum atomic E-state index is 11.6. The third-order valence-electron chi connectivity index (χ3n) is 2.36. The van der Waals surface area contributed by atoms with Crippen molar-refractivity contribution in [2.45, 2.75) is 20.8 Å². The molecule has 0 aliphatic rings. The Morgan fingerprint density at radius 1 is 1.29 bits per heavy atom. The first kappa shape index (κ1) is 13.2. The van der Waals surface area contributed by atoms with E-state index in [0.29, 0.717) is 0 Å². The highest BCUT2D eigenvalue weighted by Gasteiger charge is 2.15. The second kappa shape index (κ2) is 5.99. The van der Waals surface area contributed by atoms with E-state index in [0.717, 1.165) is 11.1 Å². The summed E-state index contributed by atoms with van der Waals surface area (Å²) in [6.07, 6.45) is 1.58. The number of ketones is 1. The predicted octanol–water partition coefficient (Wildman–Crippen LogP) is 2.53. The average molecular weight is 232 g/mol. The van der Waals surface area contributed by atoms with Gasteiger partial charge in [0.25, 0.3) is 0 Å². The number of hydrogen-bond acceptors (Lipinski definition) is 3. The number of rotatable bonds is 4. The molecule has 0 atom stereocenters. The lowest BCUT2D eigenvalue weighted by molar-refractivity contribution is -0.139. The van der Waals surface area contributed by atoms with Crippen molar-refractivity contribution < 1.29 is 14.3 Å². The molecule has 90 valence electrons. The summed E-state index contributed by atoms with van der Waals surface area (Å²) in [5, 5.41) is 0. The SMILES string of the molecule is CCOC(=O)/C(=C\c1ccccc1C)C(C)=O. The van der Waals surface area contributed by atoms with Gasteiger partial charge in [0, 0.05) is 0 Å². The van der Waals surface area contributed by atoms with Gasteiger partial charge < -0.3 is 4.74 Å². The minimum atomic E-state index is -0.566. The molecule has 3 heteroatoms. The molecule has 0 heterocycles. The van der Waals surface area contributed by atoms with Gasteiger partial charge in [0.15, 0.2) is 5.78 Å². The van der Waals surface area contributed by atoms with Crippen LogP contribution < -0.4 is 0 Å². The highest BCUT2D eigenvalue weighted by Crippen LogP contribution is 2.13. The van der Waals surface area contributed by atoms with Gasteiger partial charge in [-0.15, -0.1) is 0 Å². The fourth-order valence-electron chi connectivity index (χ4n) is 1.42. The molecule has 0 fully saturated rings. The zero-order valence-corrected chi connectivity index (χ0v) is 10.3. The molecular formula is C14H16O3. The van der Waals surface area contributed by atoms with Gasteiger partial charge in [0.05, 0.1) is 6.61 Å². The van der Waals surface area contributed by atoms with Crippen molar-refractivity contribution in [2.75, 3.05) is 6.61 Å². The molecule has 0 saturated heterocycles. The summed E-state index contributed by atoms with van der Waals surface area (Å²) in [4.78, 5) is 23.0. The van der Waals surface area contributed by atoms with E-state index in [-0.39, 0.29) is 18.0 Å². The number of hydrogen-bond donors (Lipinski definition) is 0. The van der Waals surface area contributed by atoms with Crippen molar-refractivity contribution in [2.24, 2.45) is 0 Å². The van der Waals surface area contributed by atoms with Gasteiger partial charge in [-0.25, -0.2) is 4.79 Å². The lowest BCUT2D eigenvalue weighted by atomic mass is 10.0. The van der Waals surface area contributed by atoms with Crippen molar-refractivity contribution in [1.29, 1.82) is 0 Å². The van der Waals surface area contributed by atoms with Crippen molar-refractivity contribution in [3.8, 4) is 0 Å². The van der Waals surface area contributed by atoms with E-state index < -0.39 is 5.97 Å². The van der Waals surface area contributed by atoms with Gasteiger partial charge >= 0.3 is 5.97 Å². The van der Waals surface area contributed by atoms with E-state index in [1.54, 1.807) is 13.0 Å². The molecule has 0 bridgehead atoms. The second-order valence-corrected chi connectivity index (χ2v) is 3.69. The smallest absolute Gasteiger partial charge is 0.341 e. The Kier molecular flexibility index (Phi) is 4.64. The topological polar surface area (TPSA) is 43.4 Å². The van der Waals surface area contributed by atoms with E-state index in [2.05, 4.69) is 0 Å². The maximum Gasteiger partial charge on any atom is 0.341 e. The molecule has 0 saturated carbocycles. The molecule has 0 aliphatic heterocycles.